The van der Waals surface area contributed by atoms with Gasteiger partial charge in [-0.15, -0.1) is 0 Å². The minimum atomic E-state index is -0.957. The predicted octanol–water partition coefficient (Wildman–Crippen LogP) is 2.11. The van der Waals surface area contributed by atoms with Crippen LogP contribution in [-0.4, -0.2) is 27.8 Å². The Morgan fingerprint density at radius 2 is 2.05 bits per heavy atom. The van der Waals surface area contributed by atoms with Gasteiger partial charge in [-0.25, -0.2) is 0 Å². The number of amides is 1. The van der Waals surface area contributed by atoms with Crippen LogP contribution in [0.15, 0.2) is 30.5 Å². The number of aromatic amines is 1. The number of carbonyl (C=O) groups is 1. The summed E-state index contributed by atoms with van der Waals surface area (Å²) in [7, 11) is 0. The van der Waals surface area contributed by atoms with Crippen molar-refractivity contribution in [1.29, 1.82) is 0 Å². The molecule has 0 aliphatic carbocycles. The van der Waals surface area contributed by atoms with Gasteiger partial charge in [-0.2, -0.15) is 5.10 Å². The number of benzene rings is 1. The summed E-state index contributed by atoms with van der Waals surface area (Å²) in [6.07, 6.45) is 0.783. The zero-order valence-electron chi connectivity index (χ0n) is 10.4. The quantitative estimate of drug-likeness (QED) is 0.791. The molecule has 0 aliphatic heterocycles. The van der Waals surface area contributed by atoms with E-state index in [1.54, 1.807) is 30.5 Å². The molecule has 1 amide bonds. The molecule has 1 heterocycles. The lowest BCUT2D eigenvalue weighted by Gasteiger charge is -2.15. The lowest BCUT2D eigenvalue weighted by atomic mass is 10.1. The monoisotopic (exact) mass is 313 g/mol. The van der Waals surface area contributed by atoms with Crippen LogP contribution in [-0.2, 0) is 11.2 Å². The van der Waals surface area contributed by atoms with Gasteiger partial charge in [0.1, 0.15) is 0 Å². The van der Waals surface area contributed by atoms with Crippen molar-refractivity contribution in [3.8, 4) is 0 Å². The van der Waals surface area contributed by atoms with Gasteiger partial charge in [-0.3, -0.25) is 9.89 Å². The highest BCUT2D eigenvalue weighted by atomic mass is 35.5. The minimum absolute atomic E-state index is 0.0381. The Hall–Kier alpha value is -1.56. The van der Waals surface area contributed by atoms with E-state index in [1.807, 2.05) is 0 Å². The number of carbonyl (C=O) groups excluding carboxylic acids is 1. The van der Waals surface area contributed by atoms with Gasteiger partial charge >= 0.3 is 0 Å². The van der Waals surface area contributed by atoms with Crippen molar-refractivity contribution in [3.63, 3.8) is 0 Å². The third-order valence-corrected chi connectivity index (χ3v) is 3.39. The summed E-state index contributed by atoms with van der Waals surface area (Å²) in [6.45, 7) is 0.0381. The summed E-state index contributed by atoms with van der Waals surface area (Å²) in [5.74, 6) is -0.225. The van der Waals surface area contributed by atoms with Crippen molar-refractivity contribution < 1.29 is 9.90 Å². The van der Waals surface area contributed by atoms with Crippen molar-refractivity contribution in [1.82, 2.24) is 15.5 Å². The fourth-order valence-corrected chi connectivity index (χ4v) is 2.41. The molecule has 106 valence electrons. The second-order valence-corrected chi connectivity index (χ2v) is 5.03. The summed E-state index contributed by atoms with van der Waals surface area (Å²) in [5, 5.41) is 19.9. The molecule has 1 aromatic carbocycles. The molecule has 0 spiro atoms. The Balaban J connectivity index is 1.92. The molecule has 2 rings (SSSR count). The van der Waals surface area contributed by atoms with Crippen LogP contribution in [0.2, 0.25) is 10.0 Å². The normalized spacial score (nSPS) is 12.2. The van der Waals surface area contributed by atoms with Crippen LogP contribution < -0.4 is 5.32 Å². The fourth-order valence-electron chi connectivity index (χ4n) is 1.76. The summed E-state index contributed by atoms with van der Waals surface area (Å²) in [4.78, 5) is 11.7. The SMILES string of the molecule is O=C(Cc1ccn[nH]1)NCC(O)c1c(Cl)cccc1Cl. The first kappa shape index (κ1) is 14.8. The standard InChI is InChI=1S/C13H13Cl2N3O2/c14-9-2-1-3-10(15)13(9)11(19)7-16-12(20)6-8-4-5-17-18-8/h1-5,11,19H,6-7H2,(H,16,20)(H,17,18). The van der Waals surface area contributed by atoms with E-state index in [4.69, 9.17) is 23.2 Å². The van der Waals surface area contributed by atoms with E-state index >= 15 is 0 Å². The van der Waals surface area contributed by atoms with Gasteiger partial charge in [0.05, 0.1) is 12.5 Å². The third kappa shape index (κ3) is 3.72. The van der Waals surface area contributed by atoms with Gasteiger partial charge in [0.25, 0.3) is 0 Å². The van der Waals surface area contributed by atoms with Gasteiger partial charge in [0.15, 0.2) is 0 Å². The second kappa shape index (κ2) is 6.74. The molecular weight excluding hydrogens is 301 g/mol. The zero-order chi connectivity index (χ0) is 14.5. The number of hydrogen-bond donors (Lipinski definition) is 3. The Morgan fingerprint density at radius 1 is 1.35 bits per heavy atom. The maximum Gasteiger partial charge on any atom is 0.226 e. The number of rotatable bonds is 5. The van der Waals surface area contributed by atoms with Crippen LogP contribution in [0.1, 0.15) is 17.4 Å². The van der Waals surface area contributed by atoms with Crippen LogP contribution in [0.3, 0.4) is 0 Å². The Morgan fingerprint density at radius 3 is 2.65 bits per heavy atom. The lowest BCUT2D eigenvalue weighted by molar-refractivity contribution is -0.120. The van der Waals surface area contributed by atoms with Crippen LogP contribution in [0.4, 0.5) is 0 Å². The second-order valence-electron chi connectivity index (χ2n) is 4.21. The molecule has 3 N–H and O–H groups in total. The molecule has 20 heavy (non-hydrogen) atoms. The van der Waals surface area contributed by atoms with Gasteiger partial charge in [0, 0.05) is 34.0 Å². The maximum atomic E-state index is 11.7. The Bertz CT molecular complexity index is 567. The van der Waals surface area contributed by atoms with E-state index in [1.165, 1.54) is 0 Å². The topological polar surface area (TPSA) is 78.0 Å². The number of aliphatic hydroxyl groups is 1. The molecule has 1 atom stereocenters. The van der Waals surface area contributed by atoms with Gasteiger partial charge in [-0.05, 0) is 18.2 Å². The average Bonchev–Trinajstić information content (AvgIpc) is 2.89. The first-order chi connectivity index (χ1) is 9.58. The van der Waals surface area contributed by atoms with Crippen molar-refractivity contribution in [3.05, 3.63) is 51.8 Å². The molecule has 0 bridgehead atoms. The molecular formula is C13H13Cl2N3O2. The first-order valence-electron chi connectivity index (χ1n) is 5.95. The minimum Gasteiger partial charge on any atom is -0.386 e. The molecule has 0 saturated heterocycles. The van der Waals surface area contributed by atoms with Crippen LogP contribution >= 0.6 is 23.2 Å². The number of halogens is 2. The molecule has 0 radical (unpaired) electrons. The van der Waals surface area contributed by atoms with Crippen LogP contribution in [0, 0.1) is 0 Å². The maximum absolute atomic E-state index is 11.7. The van der Waals surface area contributed by atoms with E-state index in [-0.39, 0.29) is 18.9 Å². The molecule has 1 unspecified atom stereocenters. The Kier molecular flexibility index (Phi) is 5.00. The van der Waals surface area contributed by atoms with Crippen LogP contribution in [0.25, 0.3) is 0 Å². The third-order valence-electron chi connectivity index (χ3n) is 2.73. The highest BCUT2D eigenvalue weighted by molar-refractivity contribution is 6.36. The van der Waals surface area contributed by atoms with Gasteiger partial charge in [0.2, 0.25) is 5.91 Å². The number of H-pyrrole nitrogens is 1. The van der Waals surface area contributed by atoms with Crippen LogP contribution in [0.5, 0.6) is 0 Å². The largest absolute Gasteiger partial charge is 0.386 e. The van der Waals surface area contributed by atoms with Crippen molar-refractivity contribution in [2.45, 2.75) is 12.5 Å². The van der Waals surface area contributed by atoms with Gasteiger partial charge < -0.3 is 10.4 Å². The molecule has 1 aromatic heterocycles. The zero-order valence-corrected chi connectivity index (χ0v) is 11.9. The van der Waals surface area contributed by atoms with Crippen molar-refractivity contribution >= 4 is 29.1 Å². The van der Waals surface area contributed by atoms with Gasteiger partial charge in [-0.1, -0.05) is 29.3 Å². The first-order valence-corrected chi connectivity index (χ1v) is 6.70. The van der Waals surface area contributed by atoms with Crippen molar-refractivity contribution in [2.75, 3.05) is 6.54 Å². The van der Waals surface area contributed by atoms with E-state index in [2.05, 4.69) is 15.5 Å². The van der Waals surface area contributed by atoms with E-state index in [0.717, 1.165) is 0 Å². The molecule has 0 fully saturated rings. The number of nitrogens with one attached hydrogen (secondary N) is 2. The molecule has 5 nitrogen and oxygen atoms in total. The Labute approximate surface area is 125 Å². The average molecular weight is 314 g/mol. The number of aliphatic hydroxyl groups excluding tert-OH is 1. The van der Waals surface area contributed by atoms with E-state index < -0.39 is 6.10 Å². The fraction of sp³-hybridized carbons (Fsp3) is 0.231. The molecule has 7 heteroatoms. The summed E-state index contributed by atoms with van der Waals surface area (Å²) >= 11 is 12.0. The summed E-state index contributed by atoms with van der Waals surface area (Å²) in [5.41, 5.74) is 1.12. The molecule has 0 saturated carbocycles. The highest BCUT2D eigenvalue weighted by Crippen LogP contribution is 2.29. The number of hydrogen-bond acceptors (Lipinski definition) is 3. The van der Waals surface area contributed by atoms with E-state index in [0.29, 0.717) is 21.3 Å². The smallest absolute Gasteiger partial charge is 0.226 e. The molecule has 0 aliphatic rings. The molecule has 2 aromatic rings. The van der Waals surface area contributed by atoms with Crippen molar-refractivity contribution in [2.24, 2.45) is 0 Å². The lowest BCUT2D eigenvalue weighted by Crippen LogP contribution is -2.30. The number of aromatic nitrogens is 2. The summed E-state index contributed by atoms with van der Waals surface area (Å²) < 4.78 is 0. The highest BCUT2D eigenvalue weighted by Gasteiger charge is 2.16. The summed E-state index contributed by atoms with van der Waals surface area (Å²) in [6, 6.07) is 6.68. The number of nitrogens with zero attached hydrogens (tertiary/aromatic N) is 1. The predicted molar refractivity (Wildman–Crippen MR) is 76.7 cm³/mol. The van der Waals surface area contributed by atoms with E-state index in [9.17, 15) is 9.90 Å².